The third kappa shape index (κ3) is 4.84. The highest BCUT2D eigenvalue weighted by atomic mass is 35.5. The van der Waals surface area contributed by atoms with Gasteiger partial charge in [0.2, 0.25) is 5.91 Å². The first-order valence-corrected chi connectivity index (χ1v) is 11.1. The first kappa shape index (κ1) is 21.2. The first-order chi connectivity index (χ1) is 14.9. The first-order valence-electron chi connectivity index (χ1n) is 9.74. The minimum absolute atomic E-state index is 0.140. The number of amides is 1. The minimum atomic E-state index is -0.189. The summed E-state index contributed by atoms with van der Waals surface area (Å²) in [5, 5.41) is 4.02. The predicted molar refractivity (Wildman–Crippen MR) is 125 cm³/mol. The van der Waals surface area contributed by atoms with Crippen molar-refractivity contribution in [2.45, 2.75) is 25.5 Å². The van der Waals surface area contributed by atoms with E-state index in [4.69, 9.17) is 11.6 Å². The molecule has 0 atom stereocenters. The van der Waals surface area contributed by atoms with Gasteiger partial charge in [-0.1, -0.05) is 53.2 Å². The lowest BCUT2D eigenvalue weighted by atomic mass is 10.2. The highest BCUT2D eigenvalue weighted by molar-refractivity contribution is 7.99. The molecular weight excluding hydrogens is 432 g/mol. The number of hydrogen-bond acceptors (Lipinski definition) is 4. The van der Waals surface area contributed by atoms with E-state index in [1.165, 1.54) is 11.8 Å². The molecule has 0 radical (unpaired) electrons. The van der Waals surface area contributed by atoms with Crippen LogP contribution in [0.3, 0.4) is 0 Å². The lowest BCUT2D eigenvalue weighted by Gasteiger charge is -2.12. The normalized spacial score (nSPS) is 11.1. The van der Waals surface area contributed by atoms with Gasteiger partial charge in [0.1, 0.15) is 5.52 Å². The van der Waals surface area contributed by atoms with Crippen LogP contribution in [0, 0.1) is 13.8 Å². The summed E-state index contributed by atoms with van der Waals surface area (Å²) in [4.78, 5) is 33.4. The number of aromatic nitrogens is 3. The van der Waals surface area contributed by atoms with Gasteiger partial charge in [-0.2, -0.15) is 0 Å². The molecule has 158 valence electrons. The van der Waals surface area contributed by atoms with Crippen LogP contribution in [0.2, 0.25) is 5.02 Å². The standard InChI is InChI=1S/C23H21ClN4O2S/c1-14-3-9-18(10-4-14)28-22(30)21-19(11-15(2)26-21)27-23(28)31-13-20(29)25-12-16-5-7-17(24)8-6-16/h3-11,26H,12-13H2,1-2H3,(H,25,29). The third-order valence-electron chi connectivity index (χ3n) is 4.78. The van der Waals surface area contributed by atoms with E-state index in [0.29, 0.717) is 33.4 Å². The number of fused-ring (bicyclic) bond motifs is 1. The Morgan fingerprint density at radius 3 is 2.55 bits per heavy atom. The van der Waals surface area contributed by atoms with Gasteiger partial charge >= 0.3 is 0 Å². The van der Waals surface area contributed by atoms with Gasteiger partial charge in [0.25, 0.3) is 5.56 Å². The molecule has 8 heteroatoms. The molecule has 0 fully saturated rings. The van der Waals surface area contributed by atoms with Gasteiger partial charge in [-0.05, 0) is 49.7 Å². The lowest BCUT2D eigenvalue weighted by molar-refractivity contribution is -0.118. The summed E-state index contributed by atoms with van der Waals surface area (Å²) in [5.41, 5.74) is 4.48. The number of carbonyl (C=O) groups is 1. The zero-order chi connectivity index (χ0) is 22.0. The number of carbonyl (C=O) groups excluding carboxylic acids is 1. The van der Waals surface area contributed by atoms with E-state index in [1.807, 2.05) is 56.3 Å². The maximum atomic E-state index is 13.2. The quantitative estimate of drug-likeness (QED) is 0.336. The molecule has 6 nitrogen and oxygen atoms in total. The number of hydrogen-bond donors (Lipinski definition) is 2. The number of halogens is 1. The molecule has 0 aliphatic carbocycles. The summed E-state index contributed by atoms with van der Waals surface area (Å²) in [7, 11) is 0. The van der Waals surface area contributed by atoms with E-state index in [-0.39, 0.29) is 17.2 Å². The molecule has 31 heavy (non-hydrogen) atoms. The molecule has 0 saturated carbocycles. The summed E-state index contributed by atoms with van der Waals surface area (Å²) in [6.45, 7) is 4.28. The van der Waals surface area contributed by atoms with Crippen molar-refractivity contribution in [3.63, 3.8) is 0 Å². The van der Waals surface area contributed by atoms with E-state index >= 15 is 0 Å². The van der Waals surface area contributed by atoms with Crippen LogP contribution < -0.4 is 10.9 Å². The molecule has 0 unspecified atom stereocenters. The average molecular weight is 453 g/mol. The summed E-state index contributed by atoms with van der Waals surface area (Å²) >= 11 is 7.13. The van der Waals surface area contributed by atoms with E-state index in [0.717, 1.165) is 16.8 Å². The van der Waals surface area contributed by atoms with E-state index in [1.54, 1.807) is 16.7 Å². The van der Waals surface area contributed by atoms with Crippen molar-refractivity contribution in [2.24, 2.45) is 0 Å². The lowest BCUT2D eigenvalue weighted by Crippen LogP contribution is -2.26. The van der Waals surface area contributed by atoms with Gasteiger partial charge in [-0.25, -0.2) is 4.98 Å². The Kier molecular flexibility index (Phi) is 6.15. The maximum Gasteiger partial charge on any atom is 0.283 e. The maximum absolute atomic E-state index is 13.2. The Bertz CT molecular complexity index is 1290. The predicted octanol–water partition coefficient (Wildman–Crippen LogP) is 4.39. The van der Waals surface area contributed by atoms with Crippen molar-refractivity contribution in [3.8, 4) is 5.69 Å². The van der Waals surface area contributed by atoms with Crippen LogP contribution in [0.25, 0.3) is 16.7 Å². The summed E-state index contributed by atoms with van der Waals surface area (Å²) in [6.07, 6.45) is 0. The van der Waals surface area contributed by atoms with E-state index < -0.39 is 0 Å². The van der Waals surface area contributed by atoms with Gasteiger partial charge in [-0.15, -0.1) is 0 Å². The molecule has 0 spiro atoms. The molecular formula is C23H21ClN4O2S. The Labute approximate surface area is 188 Å². The zero-order valence-corrected chi connectivity index (χ0v) is 18.7. The molecule has 0 saturated heterocycles. The second kappa shape index (κ2) is 8.99. The summed E-state index contributed by atoms with van der Waals surface area (Å²) < 4.78 is 1.55. The fraction of sp³-hybridized carbons (Fsp3) is 0.174. The number of thioether (sulfide) groups is 1. The Hall–Kier alpha value is -3.03. The van der Waals surface area contributed by atoms with E-state index in [2.05, 4.69) is 15.3 Å². The Morgan fingerprint density at radius 2 is 1.84 bits per heavy atom. The number of nitrogens with zero attached hydrogens (tertiary/aromatic N) is 2. The van der Waals surface area contributed by atoms with Crippen LogP contribution in [-0.4, -0.2) is 26.2 Å². The molecule has 2 heterocycles. The third-order valence-corrected chi connectivity index (χ3v) is 5.97. The average Bonchev–Trinajstić information content (AvgIpc) is 3.13. The number of aromatic amines is 1. The molecule has 2 aromatic heterocycles. The van der Waals surface area contributed by atoms with Gasteiger partial charge in [0, 0.05) is 17.3 Å². The van der Waals surface area contributed by atoms with Gasteiger partial charge in [0.05, 0.1) is 17.0 Å². The number of H-pyrrole nitrogens is 1. The van der Waals surface area contributed by atoms with Crippen LogP contribution in [0.1, 0.15) is 16.8 Å². The van der Waals surface area contributed by atoms with Crippen molar-refractivity contribution in [3.05, 3.63) is 86.8 Å². The second-order valence-corrected chi connectivity index (χ2v) is 8.65. The van der Waals surface area contributed by atoms with Crippen molar-refractivity contribution in [1.29, 1.82) is 0 Å². The molecule has 0 aliphatic heterocycles. The van der Waals surface area contributed by atoms with Crippen molar-refractivity contribution in [1.82, 2.24) is 19.9 Å². The Balaban J connectivity index is 1.57. The minimum Gasteiger partial charge on any atom is -0.353 e. The van der Waals surface area contributed by atoms with Crippen molar-refractivity contribution < 1.29 is 4.79 Å². The Morgan fingerprint density at radius 1 is 1.13 bits per heavy atom. The summed E-state index contributed by atoms with van der Waals surface area (Å²) in [6, 6.07) is 16.8. The molecule has 0 bridgehead atoms. The SMILES string of the molecule is Cc1ccc(-n2c(SCC(=O)NCc3ccc(Cl)cc3)nc3cc(C)[nH]c3c2=O)cc1. The topological polar surface area (TPSA) is 79.8 Å². The molecule has 4 rings (SSSR count). The zero-order valence-electron chi connectivity index (χ0n) is 17.1. The van der Waals surface area contributed by atoms with Gasteiger partial charge in [0.15, 0.2) is 5.16 Å². The molecule has 2 N–H and O–H groups in total. The number of aryl methyl sites for hydroxylation is 2. The van der Waals surface area contributed by atoms with Crippen LogP contribution in [0.15, 0.2) is 64.5 Å². The number of nitrogens with one attached hydrogen (secondary N) is 2. The smallest absolute Gasteiger partial charge is 0.283 e. The fourth-order valence-corrected chi connectivity index (χ4v) is 4.15. The van der Waals surface area contributed by atoms with Gasteiger partial charge < -0.3 is 10.3 Å². The fourth-order valence-electron chi connectivity index (χ4n) is 3.18. The highest BCUT2D eigenvalue weighted by Crippen LogP contribution is 2.22. The molecule has 4 aromatic rings. The van der Waals surface area contributed by atoms with Crippen LogP contribution in [-0.2, 0) is 11.3 Å². The van der Waals surface area contributed by atoms with Crippen molar-refractivity contribution >= 4 is 40.3 Å². The van der Waals surface area contributed by atoms with Crippen LogP contribution in [0.4, 0.5) is 0 Å². The summed E-state index contributed by atoms with van der Waals surface area (Å²) in [5.74, 6) is -0.00383. The highest BCUT2D eigenvalue weighted by Gasteiger charge is 2.16. The molecule has 2 aromatic carbocycles. The van der Waals surface area contributed by atoms with Crippen molar-refractivity contribution in [2.75, 3.05) is 5.75 Å². The van der Waals surface area contributed by atoms with Crippen LogP contribution >= 0.6 is 23.4 Å². The number of benzene rings is 2. The van der Waals surface area contributed by atoms with E-state index in [9.17, 15) is 9.59 Å². The molecule has 0 aliphatic rings. The number of rotatable bonds is 6. The largest absolute Gasteiger partial charge is 0.353 e. The van der Waals surface area contributed by atoms with Crippen LogP contribution in [0.5, 0.6) is 0 Å². The molecule has 1 amide bonds. The monoisotopic (exact) mass is 452 g/mol. The second-order valence-electron chi connectivity index (χ2n) is 7.27. The van der Waals surface area contributed by atoms with Gasteiger partial charge in [-0.3, -0.25) is 14.2 Å².